The molecule has 0 aliphatic heterocycles. The van der Waals surface area contributed by atoms with Gasteiger partial charge in [0.25, 0.3) is 0 Å². The molecule has 10 nitrogen and oxygen atoms in total. The maximum absolute atomic E-state index is 13.5. The Labute approximate surface area is 262 Å². The van der Waals surface area contributed by atoms with Gasteiger partial charge in [0.05, 0.1) is 41.1 Å². The van der Waals surface area contributed by atoms with Crippen molar-refractivity contribution < 1.29 is 28.2 Å². The lowest BCUT2D eigenvalue weighted by atomic mass is 9.82. The van der Waals surface area contributed by atoms with E-state index in [-0.39, 0.29) is 18.1 Å². The van der Waals surface area contributed by atoms with Crippen LogP contribution >= 0.6 is 0 Å². The van der Waals surface area contributed by atoms with Gasteiger partial charge < -0.3 is 25.4 Å². The van der Waals surface area contributed by atoms with E-state index in [4.69, 9.17) is 0 Å². The van der Waals surface area contributed by atoms with Crippen LogP contribution in [0.5, 0.6) is 0 Å². The maximum atomic E-state index is 13.5. The molecule has 11 heteroatoms. The van der Waals surface area contributed by atoms with Gasteiger partial charge in [-0.1, -0.05) is 62.4 Å². The molecule has 0 radical (unpaired) electrons. The van der Waals surface area contributed by atoms with Gasteiger partial charge in [0.1, 0.15) is 18.0 Å². The molecule has 1 aromatic carbocycles. The third kappa shape index (κ3) is 8.91. The van der Waals surface area contributed by atoms with Gasteiger partial charge in [0.15, 0.2) is 9.84 Å². The highest BCUT2D eigenvalue weighted by Gasteiger charge is 2.40. The van der Waals surface area contributed by atoms with Crippen molar-refractivity contribution in [3.8, 4) is 0 Å². The number of aliphatic hydroxyl groups is 2. The van der Waals surface area contributed by atoms with E-state index in [1.54, 1.807) is 38.6 Å². The van der Waals surface area contributed by atoms with E-state index in [9.17, 15) is 28.2 Å². The zero-order valence-corrected chi connectivity index (χ0v) is 27.3. The molecule has 4 N–H and O–H groups in total. The Hall–Kier alpha value is -2.76. The minimum absolute atomic E-state index is 0.0848. The number of hydrogen-bond acceptors (Lipinski definition) is 7. The van der Waals surface area contributed by atoms with Gasteiger partial charge >= 0.3 is 0 Å². The van der Waals surface area contributed by atoms with Gasteiger partial charge in [-0.05, 0) is 70.8 Å². The normalized spacial score (nSPS) is 19.9. The number of imidazole rings is 1. The minimum atomic E-state index is -3.62. The van der Waals surface area contributed by atoms with Gasteiger partial charge in [0.2, 0.25) is 11.8 Å². The second-order valence-electron chi connectivity index (χ2n) is 13.8. The van der Waals surface area contributed by atoms with Crippen LogP contribution in [0, 0.1) is 17.8 Å². The Kier molecular flexibility index (Phi) is 11.3. The second-order valence-corrected chi connectivity index (χ2v) is 16.6. The molecule has 44 heavy (non-hydrogen) atoms. The highest BCUT2D eigenvalue weighted by Crippen LogP contribution is 2.40. The quantitative estimate of drug-likeness (QED) is 0.246. The van der Waals surface area contributed by atoms with Crippen molar-refractivity contribution in [3.63, 3.8) is 0 Å². The fraction of sp³-hybridized carbons (Fsp3) is 0.667. The molecule has 4 rings (SSSR count). The summed E-state index contributed by atoms with van der Waals surface area (Å²) in [5, 5.41) is 27.7. The van der Waals surface area contributed by atoms with Crippen LogP contribution in [0.25, 0.3) is 0 Å². The van der Waals surface area contributed by atoms with E-state index in [1.807, 2.05) is 30.3 Å². The second kappa shape index (κ2) is 14.6. The lowest BCUT2D eigenvalue weighted by Gasteiger charge is -2.33. The van der Waals surface area contributed by atoms with E-state index in [0.717, 1.165) is 44.1 Å². The van der Waals surface area contributed by atoms with Crippen LogP contribution in [-0.4, -0.2) is 68.7 Å². The molecule has 1 aromatic heterocycles. The standard InChI is InChI=1S/C33H50N4O6S/c1-22(35-32(41)26(17-23-11-7-5-8-12-23)20-44(42,43)33(2,3)4)31(40)36-28-19-34-21-37(28)27(18-24-13-9-6-10-14-24)30(39)29(38)25-15-16-25/h5,7-8,11-12,19,21-22,24-27,29-30,38-39H,6,9-10,13-18,20H2,1-4H3,(H,35,41)(H,36,40)/t22-,26+,27+,29+,30-/m0/s1. The topological polar surface area (TPSA) is 151 Å². The van der Waals surface area contributed by atoms with Crippen molar-refractivity contribution in [1.29, 1.82) is 0 Å². The monoisotopic (exact) mass is 630 g/mol. The number of aliphatic hydroxyl groups excluding tert-OH is 2. The smallest absolute Gasteiger partial charge is 0.247 e. The molecule has 0 bridgehead atoms. The number of carbonyl (C=O) groups is 2. The van der Waals surface area contributed by atoms with Crippen LogP contribution in [-0.2, 0) is 25.8 Å². The van der Waals surface area contributed by atoms with E-state index in [0.29, 0.717) is 18.2 Å². The Bertz CT molecular complexity index is 1350. The van der Waals surface area contributed by atoms with E-state index in [2.05, 4.69) is 15.6 Å². The lowest BCUT2D eigenvalue weighted by molar-refractivity contribution is -0.128. The maximum Gasteiger partial charge on any atom is 0.247 e. The fourth-order valence-electron chi connectivity index (χ4n) is 6.06. The Morgan fingerprint density at radius 3 is 2.30 bits per heavy atom. The molecule has 2 fully saturated rings. The van der Waals surface area contributed by atoms with Crippen LogP contribution in [0.4, 0.5) is 5.82 Å². The SMILES string of the molecule is C[C@H](NC(=O)[C@H](Cc1ccccc1)CS(=O)(=O)C(C)(C)C)C(=O)Nc1cncn1[C@H](CC1CCCCC1)[C@H](O)[C@H](O)C1CC1. The average molecular weight is 631 g/mol. The van der Waals surface area contributed by atoms with Gasteiger partial charge in [-0.3, -0.25) is 9.59 Å². The summed E-state index contributed by atoms with van der Waals surface area (Å²) in [5.74, 6) is -1.38. The number of rotatable bonds is 14. The number of anilines is 1. The molecule has 244 valence electrons. The van der Waals surface area contributed by atoms with Crippen molar-refractivity contribution in [2.45, 2.75) is 115 Å². The first-order chi connectivity index (χ1) is 20.8. The summed E-state index contributed by atoms with van der Waals surface area (Å²) in [6.07, 6.45) is 9.52. The van der Waals surface area contributed by atoms with Crippen LogP contribution in [0.15, 0.2) is 42.9 Å². The highest BCUT2D eigenvalue weighted by molar-refractivity contribution is 7.92. The number of benzene rings is 1. The number of aromatic nitrogens is 2. The summed E-state index contributed by atoms with van der Waals surface area (Å²) >= 11 is 0. The molecule has 0 unspecified atom stereocenters. The van der Waals surface area contributed by atoms with Gasteiger partial charge in [-0.15, -0.1) is 0 Å². The van der Waals surface area contributed by atoms with Gasteiger partial charge in [-0.2, -0.15) is 0 Å². The minimum Gasteiger partial charge on any atom is -0.390 e. The molecule has 0 spiro atoms. The zero-order chi connectivity index (χ0) is 32.1. The van der Waals surface area contributed by atoms with Crippen LogP contribution < -0.4 is 10.6 Å². The third-order valence-corrected chi connectivity index (χ3v) is 11.9. The first-order valence-electron chi connectivity index (χ1n) is 16.0. The number of carbonyl (C=O) groups excluding carboxylic acids is 2. The molecule has 0 saturated heterocycles. The van der Waals surface area contributed by atoms with Crippen LogP contribution in [0.2, 0.25) is 0 Å². The van der Waals surface area contributed by atoms with Crippen molar-refractivity contribution in [1.82, 2.24) is 14.9 Å². The van der Waals surface area contributed by atoms with Crippen molar-refractivity contribution in [3.05, 3.63) is 48.4 Å². The molecule has 2 saturated carbocycles. The summed E-state index contributed by atoms with van der Waals surface area (Å²) in [6.45, 7) is 6.39. The molecule has 5 atom stereocenters. The van der Waals surface area contributed by atoms with Crippen molar-refractivity contribution >= 4 is 27.5 Å². The molecule has 2 amide bonds. The fourth-order valence-corrected chi connectivity index (χ4v) is 7.36. The van der Waals surface area contributed by atoms with E-state index >= 15 is 0 Å². The number of nitrogens with zero attached hydrogens (tertiary/aromatic N) is 2. The highest BCUT2D eigenvalue weighted by atomic mass is 32.2. The summed E-state index contributed by atoms with van der Waals surface area (Å²) in [4.78, 5) is 31.1. The van der Waals surface area contributed by atoms with Gasteiger partial charge in [-0.25, -0.2) is 13.4 Å². The first kappa shape index (κ1) is 34.1. The molecule has 2 aromatic rings. The number of hydrogen-bond donors (Lipinski definition) is 4. The summed E-state index contributed by atoms with van der Waals surface area (Å²) < 4.78 is 26.9. The average Bonchev–Trinajstić information content (AvgIpc) is 3.74. The van der Waals surface area contributed by atoms with Crippen molar-refractivity contribution in [2.24, 2.45) is 17.8 Å². The molecular weight excluding hydrogens is 580 g/mol. The summed E-state index contributed by atoms with van der Waals surface area (Å²) in [5.41, 5.74) is 0.828. The molecular formula is C33H50N4O6S. The van der Waals surface area contributed by atoms with E-state index in [1.165, 1.54) is 12.6 Å². The van der Waals surface area contributed by atoms with Gasteiger partial charge in [0, 0.05) is 0 Å². The largest absolute Gasteiger partial charge is 0.390 e. The molecule has 1 heterocycles. The summed E-state index contributed by atoms with van der Waals surface area (Å²) in [7, 11) is -3.62. The number of nitrogens with one attached hydrogen (secondary N) is 2. The van der Waals surface area contributed by atoms with E-state index < -0.39 is 56.6 Å². The Morgan fingerprint density at radius 2 is 1.68 bits per heavy atom. The molecule has 2 aliphatic rings. The first-order valence-corrected chi connectivity index (χ1v) is 17.7. The predicted molar refractivity (Wildman–Crippen MR) is 171 cm³/mol. The number of sulfone groups is 1. The van der Waals surface area contributed by atoms with Crippen molar-refractivity contribution in [2.75, 3.05) is 11.1 Å². The van der Waals surface area contributed by atoms with Crippen LogP contribution in [0.3, 0.4) is 0 Å². The lowest BCUT2D eigenvalue weighted by Crippen LogP contribution is -2.47. The third-order valence-electron chi connectivity index (χ3n) is 9.22. The molecule has 2 aliphatic carbocycles. The Morgan fingerprint density at radius 1 is 1.02 bits per heavy atom. The predicted octanol–water partition coefficient (Wildman–Crippen LogP) is 4.04. The Balaban J connectivity index is 1.47. The number of amides is 2. The summed E-state index contributed by atoms with van der Waals surface area (Å²) in [6, 6.07) is 7.79. The zero-order valence-electron chi connectivity index (χ0n) is 26.5. The van der Waals surface area contributed by atoms with Crippen LogP contribution in [0.1, 0.15) is 90.7 Å².